The second-order valence-corrected chi connectivity index (χ2v) is 4.27. The number of nitrogens with one attached hydrogen (secondary N) is 1. The van der Waals surface area contributed by atoms with Gasteiger partial charge in [0, 0.05) is 13.0 Å². The fraction of sp³-hybridized carbons (Fsp3) is 0.727. The first-order chi connectivity index (χ1) is 6.62. The van der Waals surface area contributed by atoms with Gasteiger partial charge in [0.1, 0.15) is 0 Å². The van der Waals surface area contributed by atoms with Gasteiger partial charge in [-0.1, -0.05) is 6.08 Å². The summed E-state index contributed by atoms with van der Waals surface area (Å²) in [5, 5.41) is 3.03. The molecule has 1 amide bonds. The highest BCUT2D eigenvalue weighted by Gasteiger charge is 2.41. The summed E-state index contributed by atoms with van der Waals surface area (Å²) in [5.74, 6) is 0.671. The first kappa shape index (κ1) is 11.2. The maximum absolute atomic E-state index is 11.5. The Bertz CT molecular complexity index is 223. The van der Waals surface area contributed by atoms with Crippen LogP contribution in [0.1, 0.15) is 32.6 Å². The predicted molar refractivity (Wildman–Crippen MR) is 57.8 cm³/mol. The predicted octanol–water partition coefficient (Wildman–Crippen LogP) is 1.20. The Kier molecular flexibility index (Phi) is 3.69. The standard InChI is InChI=1S/C11H20N2O/c1-3-4-5-10(14)13-11(2,8-12)9-6-7-9/h3,9H,1,4-8,12H2,2H3,(H,13,14). The van der Waals surface area contributed by atoms with Gasteiger partial charge in [0.15, 0.2) is 0 Å². The van der Waals surface area contributed by atoms with Crippen LogP contribution in [0.2, 0.25) is 0 Å². The number of nitrogens with two attached hydrogens (primary N) is 1. The van der Waals surface area contributed by atoms with Crippen molar-refractivity contribution in [1.82, 2.24) is 5.32 Å². The number of hydrogen-bond acceptors (Lipinski definition) is 2. The van der Waals surface area contributed by atoms with Gasteiger partial charge in [-0.2, -0.15) is 0 Å². The van der Waals surface area contributed by atoms with E-state index >= 15 is 0 Å². The summed E-state index contributed by atoms with van der Waals surface area (Å²) in [7, 11) is 0. The molecule has 0 aromatic carbocycles. The van der Waals surface area contributed by atoms with E-state index in [1.807, 2.05) is 6.92 Å². The molecule has 0 radical (unpaired) electrons. The maximum Gasteiger partial charge on any atom is 0.220 e. The highest BCUT2D eigenvalue weighted by Crippen LogP contribution is 2.38. The maximum atomic E-state index is 11.5. The second kappa shape index (κ2) is 4.60. The highest BCUT2D eigenvalue weighted by molar-refractivity contribution is 5.77. The van der Waals surface area contributed by atoms with Gasteiger partial charge in [0.2, 0.25) is 5.91 Å². The quantitative estimate of drug-likeness (QED) is 0.627. The summed E-state index contributed by atoms with van der Waals surface area (Å²) in [5.41, 5.74) is 5.51. The molecule has 80 valence electrons. The number of carbonyl (C=O) groups is 1. The zero-order valence-electron chi connectivity index (χ0n) is 8.88. The topological polar surface area (TPSA) is 55.1 Å². The van der Waals surface area contributed by atoms with Crippen molar-refractivity contribution in [2.75, 3.05) is 6.54 Å². The van der Waals surface area contributed by atoms with Gasteiger partial charge in [0.05, 0.1) is 5.54 Å². The summed E-state index contributed by atoms with van der Waals surface area (Å²) in [6.45, 7) is 6.16. The zero-order valence-corrected chi connectivity index (χ0v) is 8.88. The third-order valence-corrected chi connectivity index (χ3v) is 2.90. The SMILES string of the molecule is C=CCCC(=O)NC(C)(CN)C1CC1. The van der Waals surface area contributed by atoms with Crippen LogP contribution in [0.4, 0.5) is 0 Å². The van der Waals surface area contributed by atoms with Gasteiger partial charge >= 0.3 is 0 Å². The molecule has 14 heavy (non-hydrogen) atoms. The van der Waals surface area contributed by atoms with Gasteiger partial charge in [-0.15, -0.1) is 6.58 Å². The molecular formula is C11H20N2O. The lowest BCUT2D eigenvalue weighted by molar-refractivity contribution is -0.122. The number of amides is 1. The van der Waals surface area contributed by atoms with Crippen LogP contribution in [0, 0.1) is 5.92 Å². The van der Waals surface area contributed by atoms with Crippen LogP contribution in [-0.2, 0) is 4.79 Å². The summed E-state index contributed by atoms with van der Waals surface area (Å²) in [6, 6.07) is 0. The molecular weight excluding hydrogens is 176 g/mol. The van der Waals surface area contributed by atoms with Crippen molar-refractivity contribution >= 4 is 5.91 Å². The molecule has 1 rings (SSSR count). The molecule has 1 unspecified atom stereocenters. The Balaban J connectivity index is 2.39. The average Bonchev–Trinajstić information content (AvgIpc) is 2.97. The lowest BCUT2D eigenvalue weighted by atomic mass is 9.95. The number of rotatable bonds is 6. The van der Waals surface area contributed by atoms with Crippen LogP contribution in [-0.4, -0.2) is 18.0 Å². The minimum Gasteiger partial charge on any atom is -0.349 e. The van der Waals surface area contributed by atoms with Gasteiger partial charge in [-0.25, -0.2) is 0 Å². The van der Waals surface area contributed by atoms with Crippen molar-refractivity contribution in [3.8, 4) is 0 Å². The first-order valence-corrected chi connectivity index (χ1v) is 5.24. The van der Waals surface area contributed by atoms with Crippen molar-refractivity contribution in [2.24, 2.45) is 11.7 Å². The van der Waals surface area contributed by atoms with Crippen LogP contribution < -0.4 is 11.1 Å². The fourth-order valence-corrected chi connectivity index (χ4v) is 1.65. The lowest BCUT2D eigenvalue weighted by Crippen LogP contribution is -2.53. The number of carbonyl (C=O) groups excluding carboxylic acids is 1. The van der Waals surface area contributed by atoms with Crippen molar-refractivity contribution < 1.29 is 4.79 Å². The third kappa shape index (κ3) is 2.84. The van der Waals surface area contributed by atoms with Crippen molar-refractivity contribution in [3.05, 3.63) is 12.7 Å². The van der Waals surface area contributed by atoms with E-state index in [4.69, 9.17) is 5.73 Å². The molecule has 1 aliphatic rings. The van der Waals surface area contributed by atoms with E-state index in [2.05, 4.69) is 11.9 Å². The Morgan fingerprint density at radius 2 is 2.36 bits per heavy atom. The van der Waals surface area contributed by atoms with Gasteiger partial charge in [-0.3, -0.25) is 4.79 Å². The number of allylic oxidation sites excluding steroid dienone is 1. The van der Waals surface area contributed by atoms with E-state index in [0.717, 1.165) is 6.42 Å². The minimum atomic E-state index is -0.182. The monoisotopic (exact) mass is 196 g/mol. The van der Waals surface area contributed by atoms with Crippen LogP contribution in [0.15, 0.2) is 12.7 Å². The largest absolute Gasteiger partial charge is 0.349 e. The van der Waals surface area contributed by atoms with E-state index in [0.29, 0.717) is 18.9 Å². The Hall–Kier alpha value is -0.830. The van der Waals surface area contributed by atoms with Crippen molar-refractivity contribution in [3.63, 3.8) is 0 Å². The molecule has 1 aliphatic carbocycles. The molecule has 3 N–H and O–H groups in total. The Morgan fingerprint density at radius 1 is 1.71 bits per heavy atom. The molecule has 1 fully saturated rings. The highest BCUT2D eigenvalue weighted by atomic mass is 16.1. The fourth-order valence-electron chi connectivity index (χ4n) is 1.65. The van der Waals surface area contributed by atoms with E-state index in [1.165, 1.54) is 12.8 Å². The summed E-state index contributed by atoms with van der Waals surface area (Å²) >= 11 is 0. The Labute approximate surface area is 85.7 Å². The third-order valence-electron chi connectivity index (χ3n) is 2.90. The van der Waals surface area contributed by atoms with Crippen LogP contribution in [0.5, 0.6) is 0 Å². The summed E-state index contributed by atoms with van der Waals surface area (Å²) < 4.78 is 0. The van der Waals surface area contributed by atoms with Crippen molar-refractivity contribution in [2.45, 2.75) is 38.1 Å². The van der Waals surface area contributed by atoms with E-state index in [-0.39, 0.29) is 11.4 Å². The summed E-state index contributed by atoms with van der Waals surface area (Å²) in [6.07, 6.45) is 5.39. The van der Waals surface area contributed by atoms with E-state index in [1.54, 1.807) is 6.08 Å². The molecule has 3 heteroatoms. The smallest absolute Gasteiger partial charge is 0.220 e. The molecule has 0 bridgehead atoms. The molecule has 0 saturated heterocycles. The van der Waals surface area contributed by atoms with Gasteiger partial charge in [0.25, 0.3) is 0 Å². The summed E-state index contributed by atoms with van der Waals surface area (Å²) in [4.78, 5) is 11.5. The second-order valence-electron chi connectivity index (χ2n) is 4.27. The lowest BCUT2D eigenvalue weighted by Gasteiger charge is -2.29. The van der Waals surface area contributed by atoms with Crippen LogP contribution in [0.3, 0.4) is 0 Å². The van der Waals surface area contributed by atoms with Crippen LogP contribution >= 0.6 is 0 Å². The van der Waals surface area contributed by atoms with E-state index < -0.39 is 0 Å². The molecule has 1 saturated carbocycles. The van der Waals surface area contributed by atoms with E-state index in [9.17, 15) is 4.79 Å². The average molecular weight is 196 g/mol. The molecule has 0 aromatic heterocycles. The molecule has 0 spiro atoms. The van der Waals surface area contributed by atoms with Crippen molar-refractivity contribution in [1.29, 1.82) is 0 Å². The van der Waals surface area contributed by atoms with Crippen LogP contribution in [0.25, 0.3) is 0 Å². The zero-order chi connectivity index (χ0) is 10.6. The Morgan fingerprint density at radius 3 is 2.79 bits per heavy atom. The molecule has 0 aliphatic heterocycles. The molecule has 1 atom stereocenters. The minimum absolute atomic E-state index is 0.0877. The molecule has 3 nitrogen and oxygen atoms in total. The van der Waals surface area contributed by atoms with Gasteiger partial charge < -0.3 is 11.1 Å². The first-order valence-electron chi connectivity index (χ1n) is 5.24. The normalized spacial score (nSPS) is 19.9. The number of hydrogen-bond donors (Lipinski definition) is 2. The molecule has 0 aromatic rings. The molecule has 0 heterocycles. The van der Waals surface area contributed by atoms with Gasteiger partial charge in [-0.05, 0) is 32.1 Å².